The fourth-order valence-corrected chi connectivity index (χ4v) is 7.43. The van der Waals surface area contributed by atoms with Gasteiger partial charge in [0, 0.05) is 19.3 Å². The summed E-state index contributed by atoms with van der Waals surface area (Å²) >= 11 is 0. The van der Waals surface area contributed by atoms with Crippen molar-refractivity contribution >= 4 is 17.9 Å². The molecular weight excluding hydrogens is 817 g/mol. The molecule has 0 rings (SSSR count). The Hall–Kier alpha value is -3.67. The van der Waals surface area contributed by atoms with Gasteiger partial charge in [-0.2, -0.15) is 0 Å². The molecule has 0 amide bonds. The van der Waals surface area contributed by atoms with Crippen molar-refractivity contribution in [3.05, 3.63) is 97.2 Å². The highest BCUT2D eigenvalue weighted by molar-refractivity contribution is 5.71. The second kappa shape index (κ2) is 53.9. The third kappa shape index (κ3) is 51.3. The summed E-state index contributed by atoms with van der Waals surface area (Å²) in [4.78, 5) is 38.0. The van der Waals surface area contributed by atoms with Crippen LogP contribution in [-0.2, 0) is 28.6 Å². The number of carbonyl (C=O) groups is 3. The first-order chi connectivity index (χ1) is 32.5. The smallest absolute Gasteiger partial charge is 0.306 e. The molecule has 0 spiro atoms. The maximum absolute atomic E-state index is 12.8. The van der Waals surface area contributed by atoms with E-state index in [2.05, 4.69) is 63.3 Å². The first-order valence-electron chi connectivity index (χ1n) is 27.3. The number of unbranched alkanes of at least 4 members (excludes halogenated alkanes) is 25. The summed E-state index contributed by atoms with van der Waals surface area (Å²) in [7, 11) is 0. The molecule has 0 fully saturated rings. The molecule has 376 valence electrons. The van der Waals surface area contributed by atoms with Crippen LogP contribution < -0.4 is 0 Å². The van der Waals surface area contributed by atoms with Crippen LogP contribution in [-0.4, -0.2) is 37.2 Å². The first-order valence-corrected chi connectivity index (χ1v) is 27.3. The molecule has 1 atom stereocenters. The van der Waals surface area contributed by atoms with E-state index in [-0.39, 0.29) is 37.5 Å². The minimum Gasteiger partial charge on any atom is -0.462 e. The second-order valence-corrected chi connectivity index (χ2v) is 17.9. The second-order valence-electron chi connectivity index (χ2n) is 17.9. The zero-order valence-electron chi connectivity index (χ0n) is 42.9. The Morgan fingerprint density at radius 2 is 0.682 bits per heavy atom. The fraction of sp³-hybridized carbons (Fsp3) is 0.683. The topological polar surface area (TPSA) is 78.9 Å². The Balaban J connectivity index is 4.43. The van der Waals surface area contributed by atoms with Gasteiger partial charge < -0.3 is 14.2 Å². The van der Waals surface area contributed by atoms with Gasteiger partial charge in [0.2, 0.25) is 0 Å². The maximum Gasteiger partial charge on any atom is 0.306 e. The highest BCUT2D eigenvalue weighted by Gasteiger charge is 2.19. The van der Waals surface area contributed by atoms with Crippen molar-refractivity contribution in [3.63, 3.8) is 0 Å². The van der Waals surface area contributed by atoms with Gasteiger partial charge in [0.1, 0.15) is 13.2 Å². The SMILES string of the molecule is CC\C=C/C=C\C=C/C=C\C=C/CCCC(=O)OCC(COC(=O)CCCCCCCCCCC/C=C\C/C=C\C/C=C\CC)OC(=O)CCCCCCCCCCCCCCCCCC. The summed E-state index contributed by atoms with van der Waals surface area (Å²) in [6.45, 7) is 6.33. The number of hydrogen-bond acceptors (Lipinski definition) is 6. The lowest BCUT2D eigenvalue weighted by Crippen LogP contribution is -2.30. The quantitative estimate of drug-likeness (QED) is 0.0199. The normalized spacial score (nSPS) is 12.8. The lowest BCUT2D eigenvalue weighted by Gasteiger charge is -2.18. The largest absolute Gasteiger partial charge is 0.462 e. The van der Waals surface area contributed by atoms with E-state index in [1.165, 1.54) is 128 Å². The van der Waals surface area contributed by atoms with E-state index in [1.54, 1.807) is 0 Å². The zero-order chi connectivity index (χ0) is 47.9. The van der Waals surface area contributed by atoms with Crippen molar-refractivity contribution in [1.82, 2.24) is 0 Å². The number of carbonyl (C=O) groups excluding carboxylic acids is 3. The molecule has 0 radical (unpaired) electrons. The van der Waals surface area contributed by atoms with Gasteiger partial charge >= 0.3 is 17.9 Å². The van der Waals surface area contributed by atoms with E-state index >= 15 is 0 Å². The Morgan fingerprint density at radius 3 is 1.15 bits per heavy atom. The molecule has 0 bridgehead atoms. The third-order valence-electron chi connectivity index (χ3n) is 11.5. The molecule has 0 heterocycles. The van der Waals surface area contributed by atoms with Gasteiger partial charge in [-0.15, -0.1) is 0 Å². The van der Waals surface area contributed by atoms with E-state index in [0.29, 0.717) is 19.3 Å². The number of esters is 3. The molecule has 1 unspecified atom stereocenters. The van der Waals surface area contributed by atoms with Crippen molar-refractivity contribution < 1.29 is 28.6 Å². The molecule has 6 nitrogen and oxygen atoms in total. The summed E-state index contributed by atoms with van der Waals surface area (Å²) < 4.78 is 16.8. The molecule has 0 aromatic carbocycles. The van der Waals surface area contributed by atoms with E-state index < -0.39 is 6.10 Å². The predicted octanol–water partition coefficient (Wildman–Crippen LogP) is 18.1. The summed E-state index contributed by atoms with van der Waals surface area (Å²) in [5.41, 5.74) is 0. The Bertz CT molecular complexity index is 1330. The molecule has 0 N–H and O–H groups in total. The molecule has 0 aliphatic carbocycles. The van der Waals surface area contributed by atoms with Gasteiger partial charge in [-0.1, -0.05) is 259 Å². The summed E-state index contributed by atoms with van der Waals surface area (Å²) in [6, 6.07) is 0. The Morgan fingerprint density at radius 1 is 0.333 bits per heavy atom. The van der Waals surface area contributed by atoms with Gasteiger partial charge in [-0.05, 0) is 64.2 Å². The van der Waals surface area contributed by atoms with Gasteiger partial charge in [0.15, 0.2) is 6.10 Å². The van der Waals surface area contributed by atoms with Crippen molar-refractivity contribution in [2.45, 2.75) is 252 Å². The summed E-state index contributed by atoms with van der Waals surface area (Å²) in [5.74, 6) is -0.981. The van der Waals surface area contributed by atoms with Gasteiger partial charge in [-0.25, -0.2) is 0 Å². The van der Waals surface area contributed by atoms with Crippen LogP contribution in [0.3, 0.4) is 0 Å². The van der Waals surface area contributed by atoms with Crippen LogP contribution >= 0.6 is 0 Å². The van der Waals surface area contributed by atoms with Crippen LogP contribution in [0.4, 0.5) is 0 Å². The molecular formula is C60H100O6. The number of ether oxygens (including phenoxy) is 3. The lowest BCUT2D eigenvalue weighted by molar-refractivity contribution is -0.167. The van der Waals surface area contributed by atoms with Gasteiger partial charge in [0.05, 0.1) is 0 Å². The minimum atomic E-state index is -0.807. The number of rotatable bonds is 48. The van der Waals surface area contributed by atoms with Crippen LogP contribution in [0.25, 0.3) is 0 Å². The van der Waals surface area contributed by atoms with E-state index in [1.807, 2.05) is 54.7 Å². The average molecular weight is 917 g/mol. The van der Waals surface area contributed by atoms with Crippen LogP contribution in [0.15, 0.2) is 97.2 Å². The fourth-order valence-electron chi connectivity index (χ4n) is 7.43. The molecule has 0 aromatic heterocycles. The number of allylic oxidation sites excluding steroid dienone is 16. The summed E-state index contributed by atoms with van der Waals surface area (Å²) in [5, 5.41) is 0. The van der Waals surface area contributed by atoms with Crippen molar-refractivity contribution in [3.8, 4) is 0 Å². The number of hydrogen-bond donors (Lipinski definition) is 0. The highest BCUT2D eigenvalue weighted by atomic mass is 16.6. The third-order valence-corrected chi connectivity index (χ3v) is 11.5. The highest BCUT2D eigenvalue weighted by Crippen LogP contribution is 2.16. The predicted molar refractivity (Wildman–Crippen MR) is 284 cm³/mol. The Kier molecular flexibility index (Phi) is 50.9. The van der Waals surface area contributed by atoms with Crippen LogP contribution in [0.2, 0.25) is 0 Å². The molecule has 6 heteroatoms. The van der Waals surface area contributed by atoms with Gasteiger partial charge in [-0.3, -0.25) is 14.4 Å². The van der Waals surface area contributed by atoms with Crippen molar-refractivity contribution in [1.29, 1.82) is 0 Å². The standard InChI is InChI=1S/C60H100O6/c1-4-7-10-13-16-19-22-25-27-29-30-31-33-35-38-41-44-47-50-53-59(62)65-56-57(55-64-58(61)52-49-46-43-40-37-34-24-21-18-15-12-9-6-3)66-60(63)54-51-48-45-42-39-36-32-28-26-23-20-17-14-11-8-5-2/h7,9-10,12,15-16,18-19,21,24-25,27,34,37,40,43,57H,4-6,8,11,13-14,17,20,22-23,26,28-33,35-36,38-39,41-42,44-56H2,1-3H3/b10-7-,12-9-,18-15-,19-16-,24-21-,27-25-,37-34-,43-40-. The molecule has 0 aromatic rings. The van der Waals surface area contributed by atoms with Crippen molar-refractivity contribution in [2.75, 3.05) is 13.2 Å². The van der Waals surface area contributed by atoms with Crippen LogP contribution in [0.5, 0.6) is 0 Å². The Labute approximate surface area is 407 Å². The average Bonchev–Trinajstić information content (AvgIpc) is 3.31. The molecule has 0 aliphatic rings. The van der Waals surface area contributed by atoms with Gasteiger partial charge in [0.25, 0.3) is 0 Å². The molecule has 0 saturated heterocycles. The molecule has 66 heavy (non-hydrogen) atoms. The van der Waals surface area contributed by atoms with E-state index in [4.69, 9.17) is 14.2 Å². The van der Waals surface area contributed by atoms with E-state index in [9.17, 15) is 14.4 Å². The van der Waals surface area contributed by atoms with Crippen molar-refractivity contribution in [2.24, 2.45) is 0 Å². The molecule has 0 aliphatic heterocycles. The minimum absolute atomic E-state index is 0.102. The summed E-state index contributed by atoms with van der Waals surface area (Å²) in [6.07, 6.45) is 71.2. The maximum atomic E-state index is 12.8. The van der Waals surface area contributed by atoms with Crippen LogP contribution in [0.1, 0.15) is 245 Å². The van der Waals surface area contributed by atoms with Crippen LogP contribution in [0, 0.1) is 0 Å². The lowest BCUT2D eigenvalue weighted by atomic mass is 10.0. The zero-order valence-corrected chi connectivity index (χ0v) is 42.9. The van der Waals surface area contributed by atoms with E-state index in [0.717, 1.165) is 70.6 Å². The monoisotopic (exact) mass is 917 g/mol. The molecule has 0 saturated carbocycles. The first kappa shape index (κ1) is 62.3.